The fraction of sp³-hybridized carbons (Fsp3) is 0.360. The van der Waals surface area contributed by atoms with Gasteiger partial charge in [0.15, 0.2) is 11.5 Å². The van der Waals surface area contributed by atoms with Crippen molar-refractivity contribution in [2.24, 2.45) is 5.10 Å². The molecule has 2 heterocycles. The lowest BCUT2D eigenvalue weighted by molar-refractivity contribution is 0.311. The van der Waals surface area contributed by atoms with Crippen LogP contribution in [0.4, 0.5) is 27.9 Å². The average molecular weight is 480 g/mol. The first-order chi connectivity index (χ1) is 17.1. The predicted octanol–water partition coefficient (Wildman–Crippen LogP) is 4.99. The Hall–Kier alpha value is -3.95. The zero-order chi connectivity index (χ0) is 24.6. The summed E-state index contributed by atoms with van der Waals surface area (Å²) in [6, 6.07) is 12.2. The number of benzene rings is 2. The number of piperidine rings is 1. The van der Waals surface area contributed by atoms with Crippen molar-refractivity contribution in [2.75, 3.05) is 35.9 Å². The maximum Gasteiger partial charge on any atom is 0.250 e. The molecule has 1 aliphatic rings. The topological polar surface area (TPSA) is 96.8 Å². The highest BCUT2D eigenvalue weighted by Gasteiger charge is 2.22. The van der Waals surface area contributed by atoms with E-state index in [1.165, 1.54) is 12.5 Å². The van der Waals surface area contributed by atoms with E-state index in [4.69, 9.17) is 9.47 Å². The Morgan fingerprint density at radius 1 is 1.11 bits per heavy atom. The maximum atomic E-state index is 14.2. The quantitative estimate of drug-likeness (QED) is 0.327. The number of halogens is 1. The van der Waals surface area contributed by atoms with Gasteiger partial charge in [0.05, 0.1) is 25.6 Å². The van der Waals surface area contributed by atoms with Gasteiger partial charge < -0.3 is 19.7 Å². The number of anilines is 4. The Labute approximate surface area is 204 Å². The molecule has 4 rings (SSSR count). The first-order valence-electron chi connectivity index (χ1n) is 11.7. The van der Waals surface area contributed by atoms with Crippen LogP contribution in [0.25, 0.3) is 0 Å². The molecule has 0 spiro atoms. The number of nitrogens with one attached hydrogen (secondary N) is 2. The van der Waals surface area contributed by atoms with E-state index in [0.717, 1.165) is 24.9 Å². The van der Waals surface area contributed by atoms with Crippen molar-refractivity contribution in [3.8, 4) is 11.5 Å². The minimum atomic E-state index is -0.391. The van der Waals surface area contributed by atoms with Crippen molar-refractivity contribution in [1.82, 2.24) is 15.0 Å². The molecular weight excluding hydrogens is 449 g/mol. The monoisotopic (exact) mass is 479 g/mol. The molecule has 0 aliphatic carbocycles. The fourth-order valence-electron chi connectivity index (χ4n) is 3.88. The molecule has 1 saturated heterocycles. The van der Waals surface area contributed by atoms with Crippen molar-refractivity contribution in [2.45, 2.75) is 39.2 Å². The van der Waals surface area contributed by atoms with Gasteiger partial charge in [0.2, 0.25) is 17.8 Å². The van der Waals surface area contributed by atoms with Crippen LogP contribution < -0.4 is 25.1 Å². The minimum absolute atomic E-state index is 0.235. The van der Waals surface area contributed by atoms with E-state index < -0.39 is 5.82 Å². The van der Waals surface area contributed by atoms with Gasteiger partial charge in [-0.2, -0.15) is 20.1 Å². The van der Waals surface area contributed by atoms with Crippen LogP contribution >= 0.6 is 0 Å². The zero-order valence-electron chi connectivity index (χ0n) is 20.2. The van der Waals surface area contributed by atoms with Crippen LogP contribution in [0.2, 0.25) is 0 Å². The molecule has 1 aliphatic heterocycles. The Bertz CT molecular complexity index is 1170. The van der Waals surface area contributed by atoms with Gasteiger partial charge in [-0.1, -0.05) is 12.1 Å². The summed E-state index contributed by atoms with van der Waals surface area (Å²) in [4.78, 5) is 15.7. The van der Waals surface area contributed by atoms with Crippen LogP contribution in [0.1, 0.15) is 38.7 Å². The highest BCUT2D eigenvalue weighted by molar-refractivity contribution is 5.81. The molecule has 0 amide bonds. The molecule has 0 radical (unpaired) electrons. The van der Waals surface area contributed by atoms with Gasteiger partial charge in [-0.05, 0) is 69.0 Å². The Morgan fingerprint density at radius 2 is 1.94 bits per heavy atom. The first kappa shape index (κ1) is 24.2. The number of hydrogen-bond donors (Lipinski definition) is 2. The fourth-order valence-corrected chi connectivity index (χ4v) is 3.88. The zero-order valence-corrected chi connectivity index (χ0v) is 20.2. The smallest absolute Gasteiger partial charge is 0.250 e. The highest BCUT2D eigenvalue weighted by Crippen LogP contribution is 2.28. The predicted molar refractivity (Wildman–Crippen MR) is 136 cm³/mol. The summed E-state index contributed by atoms with van der Waals surface area (Å²) in [6.07, 6.45) is 4.93. The number of para-hydroxylation sites is 1. The highest BCUT2D eigenvalue weighted by atomic mass is 19.1. The van der Waals surface area contributed by atoms with Crippen molar-refractivity contribution in [3.05, 3.63) is 53.8 Å². The van der Waals surface area contributed by atoms with E-state index in [0.29, 0.717) is 30.1 Å². The van der Waals surface area contributed by atoms with Gasteiger partial charge in [-0.15, -0.1) is 0 Å². The van der Waals surface area contributed by atoms with Crippen LogP contribution in [0, 0.1) is 5.82 Å². The van der Waals surface area contributed by atoms with Gasteiger partial charge >= 0.3 is 0 Å². The molecule has 35 heavy (non-hydrogen) atoms. The molecule has 2 aromatic carbocycles. The molecule has 0 saturated carbocycles. The molecule has 184 valence electrons. The van der Waals surface area contributed by atoms with Gasteiger partial charge in [0.25, 0.3) is 0 Å². The molecular formula is C25H30FN7O2. The number of rotatable bonds is 9. The molecule has 9 nitrogen and oxygen atoms in total. The Kier molecular flexibility index (Phi) is 7.92. The molecule has 10 heteroatoms. The van der Waals surface area contributed by atoms with Crippen LogP contribution in [-0.2, 0) is 0 Å². The summed E-state index contributed by atoms with van der Waals surface area (Å²) in [6.45, 7) is 5.43. The van der Waals surface area contributed by atoms with E-state index in [1.54, 1.807) is 31.5 Å². The van der Waals surface area contributed by atoms with E-state index in [2.05, 4.69) is 42.6 Å². The van der Waals surface area contributed by atoms with Crippen molar-refractivity contribution < 1.29 is 13.9 Å². The summed E-state index contributed by atoms with van der Waals surface area (Å²) >= 11 is 0. The lowest BCUT2D eigenvalue weighted by Crippen LogP contribution is -2.38. The van der Waals surface area contributed by atoms with E-state index >= 15 is 0 Å². The summed E-state index contributed by atoms with van der Waals surface area (Å²) in [5.74, 6) is 1.90. The summed E-state index contributed by atoms with van der Waals surface area (Å²) in [7, 11) is 1.60. The number of hydrazone groups is 1. The minimum Gasteiger partial charge on any atom is -0.493 e. The third-order valence-corrected chi connectivity index (χ3v) is 5.67. The van der Waals surface area contributed by atoms with Crippen LogP contribution in [0.5, 0.6) is 11.5 Å². The molecule has 2 N–H and O–H groups in total. The molecule has 3 aromatic rings. The number of methoxy groups -OCH3 is 1. The molecule has 1 fully saturated rings. The summed E-state index contributed by atoms with van der Waals surface area (Å²) in [5, 5.41) is 7.26. The standard InChI is InChI=1S/C25H30FN7O2/c1-4-35-22-15-18(12-13-21(22)34-3)16-27-32-24-29-23(28-20-11-6-5-10-19(20)26)30-25(31-24)33-14-8-7-9-17(33)2/h5-6,10-13,15-17H,4,7-9,14H2,1-3H3,(H2,28,29,30,31,32)/b27-16-/t17-/m0/s1. The molecule has 1 aromatic heterocycles. The second-order valence-electron chi connectivity index (χ2n) is 8.14. The third-order valence-electron chi connectivity index (χ3n) is 5.67. The van der Waals surface area contributed by atoms with Gasteiger partial charge in [0.1, 0.15) is 5.82 Å². The van der Waals surface area contributed by atoms with Crippen molar-refractivity contribution in [3.63, 3.8) is 0 Å². The second kappa shape index (κ2) is 11.5. The van der Waals surface area contributed by atoms with Crippen molar-refractivity contribution >= 4 is 29.7 Å². The van der Waals surface area contributed by atoms with E-state index in [-0.39, 0.29) is 17.6 Å². The average Bonchev–Trinajstić information content (AvgIpc) is 2.86. The largest absolute Gasteiger partial charge is 0.493 e. The SMILES string of the molecule is CCOc1cc(/C=N\Nc2nc(Nc3ccccc3F)nc(N3CCCC[C@@H]3C)n2)ccc1OC. The lowest BCUT2D eigenvalue weighted by Gasteiger charge is -2.33. The molecule has 0 unspecified atom stereocenters. The maximum absolute atomic E-state index is 14.2. The Morgan fingerprint density at radius 3 is 2.71 bits per heavy atom. The second-order valence-corrected chi connectivity index (χ2v) is 8.14. The third kappa shape index (κ3) is 6.14. The first-order valence-corrected chi connectivity index (χ1v) is 11.7. The number of aromatic nitrogens is 3. The van der Waals surface area contributed by atoms with Crippen LogP contribution in [-0.4, -0.2) is 47.5 Å². The lowest BCUT2D eigenvalue weighted by atomic mass is 10.0. The van der Waals surface area contributed by atoms with Crippen LogP contribution in [0.3, 0.4) is 0 Å². The number of ether oxygens (including phenoxy) is 2. The van der Waals surface area contributed by atoms with Gasteiger partial charge in [0, 0.05) is 12.6 Å². The van der Waals surface area contributed by atoms with Gasteiger partial charge in [-0.3, -0.25) is 0 Å². The summed E-state index contributed by atoms with van der Waals surface area (Å²) in [5.41, 5.74) is 3.98. The van der Waals surface area contributed by atoms with E-state index in [1.807, 2.05) is 25.1 Å². The Balaban J connectivity index is 1.59. The number of hydrogen-bond acceptors (Lipinski definition) is 9. The molecule has 1 atom stereocenters. The van der Waals surface area contributed by atoms with E-state index in [9.17, 15) is 4.39 Å². The number of nitrogens with zero attached hydrogens (tertiary/aromatic N) is 5. The van der Waals surface area contributed by atoms with Crippen molar-refractivity contribution in [1.29, 1.82) is 0 Å². The summed E-state index contributed by atoms with van der Waals surface area (Å²) < 4.78 is 25.2. The van der Waals surface area contributed by atoms with Gasteiger partial charge in [-0.25, -0.2) is 9.82 Å². The molecule has 0 bridgehead atoms. The van der Waals surface area contributed by atoms with Crippen LogP contribution in [0.15, 0.2) is 47.6 Å². The normalized spacial score (nSPS) is 15.8.